The summed E-state index contributed by atoms with van der Waals surface area (Å²) in [7, 11) is 0. The van der Waals surface area contributed by atoms with Crippen LogP contribution in [-0.2, 0) is 0 Å². The van der Waals surface area contributed by atoms with E-state index in [1.54, 1.807) is 0 Å². The molecule has 0 aromatic heterocycles. The summed E-state index contributed by atoms with van der Waals surface area (Å²) < 4.78 is 0. The average molecular weight is 160 g/mol. The van der Waals surface area contributed by atoms with Crippen LogP contribution in [0.5, 0.6) is 0 Å². The lowest BCUT2D eigenvalue weighted by Crippen LogP contribution is -1.77. The Balaban J connectivity index is 3.59. The van der Waals surface area contributed by atoms with Gasteiger partial charge in [0, 0.05) is 19.4 Å². The van der Waals surface area contributed by atoms with Crippen molar-refractivity contribution in [2.45, 2.75) is 26.2 Å². The Morgan fingerprint density at radius 3 is 2.25 bits per heavy atom. The minimum Gasteiger partial charge on any atom is -0.396 e. The summed E-state index contributed by atoms with van der Waals surface area (Å²) >= 11 is 0. The first kappa shape index (κ1) is 10.6. The third-order valence-electron chi connectivity index (χ3n) is 1.00. The normalized spacial score (nSPS) is 6.50. The summed E-state index contributed by atoms with van der Waals surface area (Å²) in [5.41, 5.74) is 0. The molecule has 0 aromatic carbocycles. The van der Waals surface area contributed by atoms with Crippen LogP contribution in [0.2, 0.25) is 0 Å². The highest BCUT2D eigenvalue weighted by Crippen LogP contribution is 1.81. The largest absolute Gasteiger partial charge is 0.396 e. The zero-order chi connectivity index (χ0) is 9.07. The lowest BCUT2D eigenvalue weighted by Gasteiger charge is -1.80. The number of hydrogen-bond donors (Lipinski definition) is 1. The fourth-order valence-electron chi connectivity index (χ4n) is 0.469. The molecule has 0 saturated carbocycles. The summed E-state index contributed by atoms with van der Waals surface area (Å²) in [5, 5.41) is 8.41. The molecule has 0 fully saturated rings. The number of aliphatic hydroxyl groups excluding tert-OH is 1. The van der Waals surface area contributed by atoms with Crippen molar-refractivity contribution in [2.75, 3.05) is 6.61 Å². The molecule has 0 atom stereocenters. The van der Waals surface area contributed by atoms with Crippen LogP contribution in [0.4, 0.5) is 0 Å². The molecule has 1 heteroatoms. The van der Waals surface area contributed by atoms with E-state index in [9.17, 15) is 0 Å². The van der Waals surface area contributed by atoms with Crippen molar-refractivity contribution in [1.29, 1.82) is 0 Å². The minimum absolute atomic E-state index is 0.192. The van der Waals surface area contributed by atoms with Crippen LogP contribution in [0.1, 0.15) is 26.2 Å². The molecule has 0 rings (SSSR count). The monoisotopic (exact) mass is 160 g/mol. The number of aliphatic hydroxyl groups is 1. The van der Waals surface area contributed by atoms with Gasteiger partial charge in [-0.1, -0.05) is 18.8 Å². The number of hydrogen-bond acceptors (Lipinski definition) is 1. The van der Waals surface area contributed by atoms with Crippen molar-refractivity contribution in [3.8, 4) is 35.5 Å². The van der Waals surface area contributed by atoms with Gasteiger partial charge in [0.25, 0.3) is 0 Å². The Labute approximate surface area is 74.2 Å². The maximum atomic E-state index is 8.41. The van der Waals surface area contributed by atoms with Gasteiger partial charge < -0.3 is 5.11 Å². The Hall–Kier alpha value is -1.36. The van der Waals surface area contributed by atoms with Crippen LogP contribution in [0.25, 0.3) is 0 Å². The zero-order valence-corrected chi connectivity index (χ0v) is 7.28. The summed E-state index contributed by atoms with van der Waals surface area (Å²) in [6, 6.07) is 0. The van der Waals surface area contributed by atoms with Gasteiger partial charge in [0.15, 0.2) is 0 Å². The molecule has 12 heavy (non-hydrogen) atoms. The van der Waals surface area contributed by atoms with E-state index in [-0.39, 0.29) is 6.61 Å². The van der Waals surface area contributed by atoms with Crippen molar-refractivity contribution >= 4 is 0 Å². The van der Waals surface area contributed by atoms with Crippen molar-refractivity contribution in [3.63, 3.8) is 0 Å². The van der Waals surface area contributed by atoms with Gasteiger partial charge >= 0.3 is 0 Å². The lowest BCUT2D eigenvalue weighted by molar-refractivity contribution is 0.290. The van der Waals surface area contributed by atoms with E-state index in [4.69, 9.17) is 5.11 Å². The minimum atomic E-state index is 0.192. The summed E-state index contributed by atoms with van der Waals surface area (Å²) in [6.45, 7) is 2.17. The molecule has 1 nitrogen and oxygen atoms in total. The van der Waals surface area contributed by atoms with Crippen LogP contribution in [0, 0.1) is 35.5 Å². The van der Waals surface area contributed by atoms with E-state index in [0.29, 0.717) is 6.42 Å². The summed E-state index contributed by atoms with van der Waals surface area (Å²) in [6.07, 6.45) is 2.24. The molecule has 62 valence electrons. The van der Waals surface area contributed by atoms with Crippen LogP contribution in [-0.4, -0.2) is 11.7 Å². The predicted octanol–water partition coefficient (Wildman–Crippen LogP) is 1.18. The smallest absolute Gasteiger partial charge is 0.0440 e. The fourth-order valence-corrected chi connectivity index (χ4v) is 0.469. The van der Waals surface area contributed by atoms with Crippen LogP contribution < -0.4 is 0 Å². The standard InChI is InChI=1S/C11H12O/c1-2-3-4-5-6-7-8-9-10-11-12/h12H,2,9-11H2,1H3. The van der Waals surface area contributed by atoms with Crippen molar-refractivity contribution in [3.05, 3.63) is 0 Å². The van der Waals surface area contributed by atoms with Gasteiger partial charge in [-0.2, -0.15) is 0 Å². The SMILES string of the molecule is CCC#CC#CC#CCCCO. The molecule has 0 bridgehead atoms. The second kappa shape index (κ2) is 9.64. The third kappa shape index (κ3) is 8.64. The van der Waals surface area contributed by atoms with E-state index in [1.807, 2.05) is 6.92 Å². The molecule has 0 spiro atoms. The van der Waals surface area contributed by atoms with Gasteiger partial charge in [-0.15, -0.1) is 0 Å². The van der Waals surface area contributed by atoms with Gasteiger partial charge in [0.1, 0.15) is 0 Å². The van der Waals surface area contributed by atoms with Crippen molar-refractivity contribution < 1.29 is 5.11 Å². The van der Waals surface area contributed by atoms with E-state index in [2.05, 4.69) is 35.5 Å². The van der Waals surface area contributed by atoms with Crippen LogP contribution in [0.3, 0.4) is 0 Å². The molecule has 0 aliphatic carbocycles. The summed E-state index contributed by atoms with van der Waals surface area (Å²) in [4.78, 5) is 0. The predicted molar refractivity (Wildman–Crippen MR) is 49.9 cm³/mol. The van der Waals surface area contributed by atoms with Gasteiger partial charge in [-0.25, -0.2) is 0 Å². The highest BCUT2D eigenvalue weighted by atomic mass is 16.2. The van der Waals surface area contributed by atoms with E-state index in [0.717, 1.165) is 12.8 Å². The van der Waals surface area contributed by atoms with Crippen molar-refractivity contribution in [1.82, 2.24) is 0 Å². The van der Waals surface area contributed by atoms with Crippen molar-refractivity contribution in [2.24, 2.45) is 0 Å². The molecular formula is C11H12O. The van der Waals surface area contributed by atoms with E-state index < -0.39 is 0 Å². The second-order valence-corrected chi connectivity index (χ2v) is 2.03. The third-order valence-corrected chi connectivity index (χ3v) is 1.00. The molecule has 0 radical (unpaired) electrons. The van der Waals surface area contributed by atoms with Crippen LogP contribution in [0.15, 0.2) is 0 Å². The first-order valence-electron chi connectivity index (χ1n) is 3.98. The molecule has 0 aliphatic heterocycles. The van der Waals surface area contributed by atoms with Gasteiger partial charge in [-0.3, -0.25) is 0 Å². The quantitative estimate of drug-likeness (QED) is 0.475. The molecule has 0 heterocycles. The Morgan fingerprint density at radius 2 is 1.67 bits per heavy atom. The van der Waals surface area contributed by atoms with Gasteiger partial charge in [-0.05, 0) is 30.1 Å². The zero-order valence-electron chi connectivity index (χ0n) is 7.28. The Morgan fingerprint density at radius 1 is 1.00 bits per heavy atom. The first-order chi connectivity index (χ1) is 5.91. The highest BCUT2D eigenvalue weighted by Gasteiger charge is 1.74. The fraction of sp³-hybridized carbons (Fsp3) is 0.455. The number of rotatable bonds is 2. The maximum Gasteiger partial charge on any atom is 0.0440 e. The molecule has 0 aliphatic rings. The molecule has 0 saturated heterocycles. The summed E-state index contributed by atoms with van der Waals surface area (Å²) in [5.74, 6) is 16.2. The van der Waals surface area contributed by atoms with Crippen LogP contribution >= 0.6 is 0 Å². The maximum absolute atomic E-state index is 8.41. The molecular weight excluding hydrogens is 148 g/mol. The first-order valence-corrected chi connectivity index (χ1v) is 3.98. The second-order valence-electron chi connectivity index (χ2n) is 2.03. The molecule has 0 unspecified atom stereocenters. The Kier molecular flexibility index (Phi) is 8.55. The lowest BCUT2D eigenvalue weighted by atomic mass is 10.3. The topological polar surface area (TPSA) is 20.2 Å². The molecule has 1 N–H and O–H groups in total. The van der Waals surface area contributed by atoms with Gasteiger partial charge in [0.2, 0.25) is 0 Å². The Bertz CT molecular complexity index is 269. The number of unbranched alkanes of at least 4 members (excludes halogenated alkanes) is 1. The highest BCUT2D eigenvalue weighted by molar-refractivity contribution is 5.35. The van der Waals surface area contributed by atoms with E-state index >= 15 is 0 Å². The van der Waals surface area contributed by atoms with Gasteiger partial charge in [0.05, 0.1) is 0 Å². The molecule has 0 amide bonds. The van der Waals surface area contributed by atoms with E-state index in [1.165, 1.54) is 0 Å². The average Bonchev–Trinajstić information content (AvgIpc) is 2.10. The molecule has 0 aromatic rings.